The van der Waals surface area contributed by atoms with E-state index in [2.05, 4.69) is 15.3 Å². The summed E-state index contributed by atoms with van der Waals surface area (Å²) in [6.45, 7) is 3.33. The van der Waals surface area contributed by atoms with Gasteiger partial charge in [0.1, 0.15) is 28.6 Å². The van der Waals surface area contributed by atoms with Crippen molar-refractivity contribution in [3.8, 4) is 17.2 Å². The number of aromatic nitrogens is 2. The van der Waals surface area contributed by atoms with Gasteiger partial charge in [0.05, 0.1) is 13.2 Å². The second-order valence-corrected chi connectivity index (χ2v) is 8.83. The number of ether oxygens (including phenoxy) is 1. The number of nitrogens with two attached hydrogens (primary N) is 1. The molecule has 200 valence electrons. The average Bonchev–Trinajstić information content (AvgIpc) is 3.31. The van der Waals surface area contributed by atoms with E-state index in [0.717, 1.165) is 12.1 Å². The highest BCUT2D eigenvalue weighted by Crippen LogP contribution is 2.38. The molecule has 1 atom stereocenters. The summed E-state index contributed by atoms with van der Waals surface area (Å²) in [5.41, 5.74) is 5.21. The molecule has 3 N–H and O–H groups in total. The van der Waals surface area contributed by atoms with Crippen LogP contribution in [0.15, 0.2) is 46.9 Å². The van der Waals surface area contributed by atoms with E-state index in [-0.39, 0.29) is 57.6 Å². The number of oxazole rings is 1. The number of nitrogens with zero attached hydrogens (tertiary/aromatic N) is 2. The van der Waals surface area contributed by atoms with Crippen molar-refractivity contribution in [3.05, 3.63) is 76.8 Å². The number of hydrogen-bond acceptors (Lipinski definition) is 6. The Bertz CT molecular complexity index is 1500. The molecule has 38 heavy (non-hydrogen) atoms. The van der Waals surface area contributed by atoms with E-state index in [4.69, 9.17) is 14.9 Å². The van der Waals surface area contributed by atoms with Crippen LogP contribution in [0.1, 0.15) is 47.4 Å². The Balaban J connectivity index is 1.78. The number of rotatable bonds is 7. The summed E-state index contributed by atoms with van der Waals surface area (Å²) in [4.78, 5) is 21.1. The number of carbonyl (C=O) groups excluding carboxylic acids is 1. The van der Waals surface area contributed by atoms with Crippen molar-refractivity contribution >= 4 is 16.8 Å². The summed E-state index contributed by atoms with van der Waals surface area (Å²) in [5, 5.41) is 2.76. The fourth-order valence-corrected chi connectivity index (χ4v) is 3.76. The third-order valence-electron chi connectivity index (χ3n) is 5.90. The molecule has 1 amide bonds. The molecule has 0 spiro atoms. The van der Waals surface area contributed by atoms with Gasteiger partial charge in [-0.1, -0.05) is 19.9 Å². The van der Waals surface area contributed by atoms with Crippen LogP contribution < -0.4 is 15.8 Å². The van der Waals surface area contributed by atoms with Crippen LogP contribution in [0.5, 0.6) is 5.75 Å². The van der Waals surface area contributed by atoms with Crippen molar-refractivity contribution in [2.24, 2.45) is 11.7 Å². The normalized spacial score (nSPS) is 12.7. The molecule has 2 aromatic heterocycles. The number of benzene rings is 2. The van der Waals surface area contributed by atoms with E-state index < -0.39 is 35.5 Å². The van der Waals surface area contributed by atoms with E-state index in [9.17, 15) is 26.7 Å². The highest BCUT2D eigenvalue weighted by atomic mass is 19.4. The monoisotopic (exact) mass is 534 g/mol. The van der Waals surface area contributed by atoms with E-state index >= 15 is 0 Å². The van der Waals surface area contributed by atoms with Gasteiger partial charge in [-0.25, -0.2) is 18.7 Å². The van der Waals surface area contributed by atoms with Gasteiger partial charge in [0.2, 0.25) is 5.89 Å². The molecule has 0 bridgehead atoms. The second-order valence-electron chi connectivity index (χ2n) is 8.83. The SMILES string of the molecule is COc1ccc(-c2nc(C(=O)NCc3ccc(F)cc3F)c([C@@H](N)C(C)C)o2)c2ccc(C(F)(F)F)nc12. The molecule has 0 radical (unpaired) electrons. The van der Waals surface area contributed by atoms with Crippen LogP contribution in [0, 0.1) is 17.6 Å². The first-order valence-electron chi connectivity index (χ1n) is 11.4. The maximum atomic E-state index is 14.0. The first kappa shape index (κ1) is 27.0. The largest absolute Gasteiger partial charge is 0.494 e. The number of alkyl halides is 3. The van der Waals surface area contributed by atoms with Crippen LogP contribution in [0.2, 0.25) is 0 Å². The summed E-state index contributed by atoms with van der Waals surface area (Å²) < 4.78 is 78.2. The first-order chi connectivity index (χ1) is 17.9. The quantitative estimate of drug-likeness (QED) is 0.292. The van der Waals surface area contributed by atoms with Crippen molar-refractivity contribution in [1.82, 2.24) is 15.3 Å². The molecule has 2 aromatic carbocycles. The zero-order chi connectivity index (χ0) is 27.8. The topological polar surface area (TPSA) is 103 Å². The standard InChI is InChI=1S/C26H23F5N4O3/c1-12(2)20(32)23-22(24(36)33-11-13-4-5-14(27)10-17(13)28)35-25(38-23)16-6-8-18(37-3)21-15(16)7-9-19(34-21)26(29,30)31/h4-10,12,20H,11,32H2,1-3H3,(H,33,36)/t20-/m0/s1. The lowest BCUT2D eigenvalue weighted by Crippen LogP contribution is -2.27. The third-order valence-corrected chi connectivity index (χ3v) is 5.90. The number of hydrogen-bond donors (Lipinski definition) is 2. The molecule has 0 aliphatic rings. The Morgan fingerprint density at radius 1 is 1.11 bits per heavy atom. The summed E-state index contributed by atoms with van der Waals surface area (Å²) >= 11 is 0. The minimum Gasteiger partial charge on any atom is -0.494 e. The minimum absolute atomic E-state index is 0.0379. The predicted octanol–water partition coefficient (Wildman–Crippen LogP) is 5.78. The Morgan fingerprint density at radius 3 is 2.47 bits per heavy atom. The smallest absolute Gasteiger partial charge is 0.433 e. The van der Waals surface area contributed by atoms with Gasteiger partial charge in [-0.3, -0.25) is 4.79 Å². The molecular formula is C26H23F5N4O3. The van der Waals surface area contributed by atoms with Crippen LogP contribution in [0.4, 0.5) is 22.0 Å². The van der Waals surface area contributed by atoms with Crippen LogP contribution in [-0.2, 0) is 12.7 Å². The molecule has 4 aromatic rings. The fraction of sp³-hybridized carbons (Fsp3) is 0.269. The van der Waals surface area contributed by atoms with Crippen molar-refractivity contribution in [2.75, 3.05) is 7.11 Å². The predicted molar refractivity (Wildman–Crippen MR) is 128 cm³/mol. The van der Waals surface area contributed by atoms with Crippen molar-refractivity contribution < 1.29 is 35.9 Å². The Labute approximate surface area is 213 Å². The van der Waals surface area contributed by atoms with Crippen molar-refractivity contribution in [3.63, 3.8) is 0 Å². The van der Waals surface area contributed by atoms with Gasteiger partial charge in [-0.05, 0) is 36.2 Å². The molecule has 12 heteroatoms. The first-order valence-corrected chi connectivity index (χ1v) is 11.4. The number of carbonyl (C=O) groups is 1. The van der Waals surface area contributed by atoms with E-state index in [1.54, 1.807) is 13.8 Å². The third kappa shape index (κ3) is 5.30. The van der Waals surface area contributed by atoms with Crippen LogP contribution in [0.25, 0.3) is 22.4 Å². The maximum absolute atomic E-state index is 14.0. The van der Waals surface area contributed by atoms with Crippen molar-refractivity contribution in [2.45, 2.75) is 32.6 Å². The molecule has 0 saturated carbocycles. The van der Waals surface area contributed by atoms with Gasteiger partial charge >= 0.3 is 6.18 Å². The molecule has 0 unspecified atom stereocenters. The molecule has 0 fully saturated rings. The number of amides is 1. The Morgan fingerprint density at radius 2 is 1.84 bits per heavy atom. The molecule has 0 saturated heterocycles. The summed E-state index contributed by atoms with van der Waals surface area (Å²) in [6.07, 6.45) is -4.68. The van der Waals surface area contributed by atoms with Crippen molar-refractivity contribution in [1.29, 1.82) is 0 Å². The summed E-state index contributed by atoms with van der Waals surface area (Å²) in [6, 6.07) is 7.15. The van der Waals surface area contributed by atoms with E-state index in [1.165, 1.54) is 31.4 Å². The lowest BCUT2D eigenvalue weighted by atomic mass is 10.0. The van der Waals surface area contributed by atoms with Gasteiger partial charge in [-0.15, -0.1) is 0 Å². The van der Waals surface area contributed by atoms with Crippen LogP contribution in [-0.4, -0.2) is 23.0 Å². The number of halogens is 5. The molecule has 7 nitrogen and oxygen atoms in total. The molecular weight excluding hydrogens is 511 g/mol. The second kappa shape index (κ2) is 10.4. The Hall–Kier alpha value is -4.06. The van der Waals surface area contributed by atoms with E-state index in [0.29, 0.717) is 6.07 Å². The highest BCUT2D eigenvalue weighted by molar-refractivity contribution is 5.98. The number of methoxy groups -OCH3 is 1. The zero-order valence-corrected chi connectivity index (χ0v) is 20.5. The molecule has 4 rings (SSSR count). The average molecular weight is 534 g/mol. The van der Waals surface area contributed by atoms with Crippen LogP contribution >= 0.6 is 0 Å². The van der Waals surface area contributed by atoms with Crippen LogP contribution in [0.3, 0.4) is 0 Å². The molecule has 2 heterocycles. The van der Waals surface area contributed by atoms with Gasteiger partial charge < -0.3 is 20.2 Å². The zero-order valence-electron chi connectivity index (χ0n) is 20.5. The van der Waals surface area contributed by atoms with Gasteiger partial charge in [-0.2, -0.15) is 13.2 Å². The molecule has 0 aliphatic heterocycles. The number of pyridine rings is 1. The lowest BCUT2D eigenvalue weighted by molar-refractivity contribution is -0.140. The number of nitrogens with one attached hydrogen (secondary N) is 1. The summed E-state index contributed by atoms with van der Waals surface area (Å²) in [7, 11) is 1.30. The lowest BCUT2D eigenvalue weighted by Gasteiger charge is -2.14. The summed E-state index contributed by atoms with van der Waals surface area (Å²) in [5.74, 6) is -2.45. The highest BCUT2D eigenvalue weighted by Gasteiger charge is 2.33. The van der Waals surface area contributed by atoms with Gasteiger partial charge in [0.25, 0.3) is 5.91 Å². The number of fused-ring (bicyclic) bond motifs is 1. The Kier molecular flexibility index (Phi) is 7.36. The molecule has 0 aliphatic carbocycles. The van der Waals surface area contributed by atoms with E-state index in [1.807, 2.05) is 0 Å². The van der Waals surface area contributed by atoms with Gasteiger partial charge in [0, 0.05) is 29.1 Å². The maximum Gasteiger partial charge on any atom is 0.433 e. The fourth-order valence-electron chi connectivity index (χ4n) is 3.76. The van der Waals surface area contributed by atoms with Gasteiger partial charge in [0.15, 0.2) is 11.5 Å². The minimum atomic E-state index is -4.68.